The van der Waals surface area contributed by atoms with Gasteiger partial charge in [-0.25, -0.2) is 0 Å². The SMILES string of the molecule is CCC(=O)C/C(=N\N(Cc1ccccc1)[Si](C)(C)C)c1ccccc1. The number of carbonyl (C=O) groups excluding carboxylic acids is 1. The van der Waals surface area contributed by atoms with Gasteiger partial charge in [0.2, 0.25) is 0 Å². The lowest BCUT2D eigenvalue weighted by molar-refractivity contribution is -0.117. The topological polar surface area (TPSA) is 32.7 Å². The Morgan fingerprint density at radius 1 is 0.960 bits per heavy atom. The summed E-state index contributed by atoms with van der Waals surface area (Å²) >= 11 is 0. The van der Waals surface area contributed by atoms with Crippen molar-refractivity contribution in [3.05, 3.63) is 71.8 Å². The third kappa shape index (κ3) is 5.98. The number of Topliss-reactive ketones (excluding diaryl/α,β-unsaturated/α-hetero) is 1. The maximum Gasteiger partial charge on any atom is 0.169 e. The highest BCUT2D eigenvalue weighted by atomic mass is 28.3. The maximum absolute atomic E-state index is 12.1. The van der Waals surface area contributed by atoms with Crippen LogP contribution < -0.4 is 0 Å². The molecule has 0 fully saturated rings. The molecule has 0 aliphatic carbocycles. The van der Waals surface area contributed by atoms with Crippen LogP contribution in [0.2, 0.25) is 19.6 Å². The number of benzene rings is 2. The van der Waals surface area contributed by atoms with Gasteiger partial charge in [0.1, 0.15) is 5.78 Å². The minimum atomic E-state index is -1.69. The number of hydrazone groups is 1. The van der Waals surface area contributed by atoms with Crippen LogP contribution in [0, 0.1) is 0 Å². The Kier molecular flexibility index (Phi) is 6.71. The quantitative estimate of drug-likeness (QED) is 0.376. The zero-order valence-corrected chi connectivity index (χ0v) is 16.7. The van der Waals surface area contributed by atoms with Crippen molar-refractivity contribution in [1.82, 2.24) is 4.67 Å². The fraction of sp³-hybridized carbons (Fsp3) is 0.333. The molecule has 0 amide bonds. The average molecular weight is 353 g/mol. The van der Waals surface area contributed by atoms with Crippen molar-refractivity contribution in [2.24, 2.45) is 5.10 Å². The van der Waals surface area contributed by atoms with E-state index >= 15 is 0 Å². The molecule has 0 spiro atoms. The van der Waals surface area contributed by atoms with E-state index in [9.17, 15) is 4.79 Å². The lowest BCUT2D eigenvalue weighted by atomic mass is 10.0. The number of hydrogen-bond donors (Lipinski definition) is 0. The third-order valence-corrected chi connectivity index (χ3v) is 5.86. The van der Waals surface area contributed by atoms with Crippen LogP contribution in [-0.4, -0.2) is 24.4 Å². The largest absolute Gasteiger partial charge is 0.320 e. The van der Waals surface area contributed by atoms with Crippen molar-refractivity contribution in [1.29, 1.82) is 0 Å². The lowest BCUT2D eigenvalue weighted by Crippen LogP contribution is -2.42. The number of rotatable bonds is 8. The van der Waals surface area contributed by atoms with Gasteiger partial charge < -0.3 is 4.67 Å². The Hall–Kier alpha value is -2.20. The highest BCUT2D eigenvalue weighted by Crippen LogP contribution is 2.18. The van der Waals surface area contributed by atoms with Gasteiger partial charge in [-0.15, -0.1) is 0 Å². The van der Waals surface area contributed by atoms with Crippen molar-refractivity contribution in [3.8, 4) is 0 Å². The van der Waals surface area contributed by atoms with E-state index in [1.54, 1.807) is 0 Å². The second-order valence-corrected chi connectivity index (χ2v) is 12.1. The van der Waals surface area contributed by atoms with Gasteiger partial charge in [0.05, 0.1) is 18.7 Å². The predicted octanol–water partition coefficient (Wildman–Crippen LogP) is 5.10. The number of hydrogen-bond acceptors (Lipinski definition) is 3. The highest BCUT2D eigenvalue weighted by molar-refractivity contribution is 6.73. The van der Waals surface area contributed by atoms with Crippen LogP contribution >= 0.6 is 0 Å². The van der Waals surface area contributed by atoms with Gasteiger partial charge in [-0.3, -0.25) is 4.79 Å². The molecule has 132 valence electrons. The minimum absolute atomic E-state index is 0.220. The molecule has 0 bridgehead atoms. The molecule has 25 heavy (non-hydrogen) atoms. The molecule has 2 aromatic carbocycles. The fourth-order valence-electron chi connectivity index (χ4n) is 2.46. The van der Waals surface area contributed by atoms with Crippen molar-refractivity contribution in [3.63, 3.8) is 0 Å². The molecule has 0 heterocycles. The van der Waals surface area contributed by atoms with E-state index in [-0.39, 0.29) is 5.78 Å². The van der Waals surface area contributed by atoms with Gasteiger partial charge in [0.15, 0.2) is 8.24 Å². The molecule has 0 aliphatic heterocycles. The summed E-state index contributed by atoms with van der Waals surface area (Å²) in [6.07, 6.45) is 0.924. The molecule has 0 radical (unpaired) electrons. The molecular weight excluding hydrogens is 324 g/mol. The minimum Gasteiger partial charge on any atom is -0.320 e. The van der Waals surface area contributed by atoms with E-state index in [0.717, 1.165) is 17.8 Å². The van der Waals surface area contributed by atoms with E-state index in [4.69, 9.17) is 5.10 Å². The summed E-state index contributed by atoms with van der Waals surface area (Å²) in [4.78, 5) is 12.1. The van der Waals surface area contributed by atoms with E-state index in [1.165, 1.54) is 5.56 Å². The second-order valence-electron chi connectivity index (χ2n) is 7.20. The van der Waals surface area contributed by atoms with Crippen molar-refractivity contribution in [2.75, 3.05) is 0 Å². The van der Waals surface area contributed by atoms with Crippen molar-refractivity contribution < 1.29 is 4.79 Å². The molecule has 3 nitrogen and oxygen atoms in total. The van der Waals surface area contributed by atoms with Crippen molar-refractivity contribution >= 4 is 19.7 Å². The van der Waals surface area contributed by atoms with Crippen LogP contribution in [0.15, 0.2) is 65.8 Å². The highest BCUT2D eigenvalue weighted by Gasteiger charge is 2.24. The Labute approximate surface area is 152 Å². The smallest absolute Gasteiger partial charge is 0.169 e. The first-order valence-electron chi connectivity index (χ1n) is 8.86. The van der Waals surface area contributed by atoms with Crippen LogP contribution in [0.25, 0.3) is 0 Å². The summed E-state index contributed by atoms with van der Waals surface area (Å²) in [5, 5.41) is 4.99. The molecule has 0 aliphatic rings. The number of nitrogens with zero attached hydrogens (tertiary/aromatic N) is 2. The molecular formula is C21H28N2OSi. The summed E-state index contributed by atoms with van der Waals surface area (Å²) in [6.45, 7) is 9.52. The zero-order chi connectivity index (χ0) is 18.3. The zero-order valence-electron chi connectivity index (χ0n) is 15.7. The van der Waals surface area contributed by atoms with Crippen LogP contribution in [-0.2, 0) is 11.3 Å². The second kappa shape index (κ2) is 8.76. The third-order valence-electron chi connectivity index (χ3n) is 4.06. The average Bonchev–Trinajstić information content (AvgIpc) is 2.61. The molecule has 0 unspecified atom stereocenters. The van der Waals surface area contributed by atoms with Gasteiger partial charge in [-0.05, 0) is 11.1 Å². The summed E-state index contributed by atoms with van der Waals surface area (Å²) in [5.74, 6) is 0.220. The van der Waals surface area contributed by atoms with E-state index < -0.39 is 8.24 Å². The Morgan fingerprint density at radius 3 is 2.04 bits per heavy atom. The first-order chi connectivity index (χ1) is 11.9. The predicted molar refractivity (Wildman–Crippen MR) is 108 cm³/mol. The summed E-state index contributed by atoms with van der Waals surface area (Å²) in [7, 11) is -1.69. The van der Waals surface area contributed by atoms with Crippen LogP contribution in [0.1, 0.15) is 30.9 Å². The maximum atomic E-state index is 12.1. The Morgan fingerprint density at radius 2 is 1.52 bits per heavy atom. The monoisotopic (exact) mass is 352 g/mol. The molecule has 0 N–H and O–H groups in total. The van der Waals surface area contributed by atoms with E-state index in [2.05, 4.69) is 48.6 Å². The van der Waals surface area contributed by atoms with Gasteiger partial charge in [-0.1, -0.05) is 87.2 Å². The van der Waals surface area contributed by atoms with Crippen LogP contribution in [0.3, 0.4) is 0 Å². The standard InChI is InChI=1S/C21H28N2OSi/c1-5-20(24)16-21(19-14-10-7-11-15-19)22-23(25(2,3)4)17-18-12-8-6-9-13-18/h6-15H,5,16-17H2,1-4H3/b22-21+. The van der Waals surface area contributed by atoms with Gasteiger partial charge in [0, 0.05) is 6.42 Å². The fourth-order valence-corrected chi connectivity index (χ4v) is 3.54. The summed E-state index contributed by atoms with van der Waals surface area (Å²) in [5.41, 5.74) is 3.13. The van der Waals surface area contributed by atoms with E-state index in [0.29, 0.717) is 12.8 Å². The van der Waals surface area contributed by atoms with Crippen molar-refractivity contribution in [2.45, 2.75) is 46.0 Å². The van der Waals surface area contributed by atoms with E-state index in [1.807, 2.05) is 43.3 Å². The van der Waals surface area contributed by atoms with Gasteiger partial charge in [0.25, 0.3) is 0 Å². The molecule has 0 saturated carbocycles. The lowest BCUT2D eigenvalue weighted by Gasteiger charge is -2.32. The first-order valence-corrected chi connectivity index (χ1v) is 12.3. The van der Waals surface area contributed by atoms with Crippen LogP contribution in [0.4, 0.5) is 0 Å². The molecule has 0 saturated heterocycles. The number of carbonyl (C=O) groups is 1. The summed E-state index contributed by atoms with van der Waals surface area (Å²) in [6, 6.07) is 20.4. The Balaban J connectivity index is 2.38. The number of ketones is 1. The molecule has 2 rings (SSSR count). The molecule has 0 aromatic heterocycles. The molecule has 2 aromatic rings. The first kappa shape index (κ1) is 19.1. The molecule has 4 heteroatoms. The normalized spacial score (nSPS) is 12.1. The summed E-state index contributed by atoms with van der Waals surface area (Å²) < 4.78 is 2.22. The van der Waals surface area contributed by atoms with Gasteiger partial charge >= 0.3 is 0 Å². The van der Waals surface area contributed by atoms with Crippen LogP contribution in [0.5, 0.6) is 0 Å². The Bertz CT molecular complexity index is 706. The molecule has 0 atom stereocenters. The van der Waals surface area contributed by atoms with Gasteiger partial charge in [-0.2, -0.15) is 5.10 Å².